The molecule has 0 aliphatic rings. The Morgan fingerprint density at radius 3 is 2.67 bits per heavy atom. The molecule has 0 aromatic carbocycles. The average molecular weight is 130 g/mol. The third-order valence-electron chi connectivity index (χ3n) is 1.23. The summed E-state index contributed by atoms with van der Waals surface area (Å²) in [5.74, 6) is 0.377. The summed E-state index contributed by atoms with van der Waals surface area (Å²) in [5, 5.41) is 16.7. The first-order valence-corrected chi connectivity index (χ1v) is 3.23. The fourth-order valence-corrected chi connectivity index (χ4v) is 0.656. The van der Waals surface area contributed by atoms with Crippen molar-refractivity contribution in [3.8, 4) is 0 Å². The summed E-state index contributed by atoms with van der Waals surface area (Å²) in [4.78, 5) is 0. The lowest BCUT2D eigenvalue weighted by Gasteiger charge is -2.01. The van der Waals surface area contributed by atoms with Gasteiger partial charge < -0.3 is 10.2 Å². The van der Waals surface area contributed by atoms with Gasteiger partial charge in [0.05, 0.1) is 6.26 Å². The Kier molecular flexibility index (Phi) is 5.32. The second-order valence-electron chi connectivity index (χ2n) is 2.18. The Morgan fingerprint density at radius 1 is 1.56 bits per heavy atom. The quantitative estimate of drug-likeness (QED) is 0.566. The lowest BCUT2D eigenvalue weighted by Crippen LogP contribution is -1.91. The van der Waals surface area contributed by atoms with Crippen LogP contribution in [0.5, 0.6) is 0 Å². The molecule has 0 aromatic rings. The van der Waals surface area contributed by atoms with Crippen LogP contribution in [0.3, 0.4) is 0 Å². The van der Waals surface area contributed by atoms with Crippen molar-refractivity contribution in [3.63, 3.8) is 0 Å². The molecular weight excluding hydrogens is 116 g/mol. The van der Waals surface area contributed by atoms with Crippen LogP contribution < -0.4 is 0 Å². The summed E-state index contributed by atoms with van der Waals surface area (Å²) in [7, 11) is 0. The second kappa shape index (κ2) is 5.63. The first-order chi connectivity index (χ1) is 4.31. The summed E-state index contributed by atoms with van der Waals surface area (Å²) < 4.78 is 0. The average Bonchev–Trinajstić information content (AvgIpc) is 1.85. The fraction of sp³-hybridized carbons (Fsp3) is 0.714. The molecule has 2 N–H and O–H groups in total. The molecule has 0 saturated carbocycles. The molecule has 54 valence electrons. The van der Waals surface area contributed by atoms with Crippen LogP contribution in [0.1, 0.15) is 19.8 Å². The summed E-state index contributed by atoms with van der Waals surface area (Å²) in [6.45, 7) is 2.24. The first-order valence-electron chi connectivity index (χ1n) is 3.23. The zero-order valence-electron chi connectivity index (χ0n) is 5.75. The van der Waals surface area contributed by atoms with Gasteiger partial charge in [0.15, 0.2) is 0 Å². The highest BCUT2D eigenvalue weighted by Gasteiger charge is 1.94. The molecule has 0 spiro atoms. The van der Waals surface area contributed by atoms with E-state index in [4.69, 9.17) is 10.2 Å². The van der Waals surface area contributed by atoms with Gasteiger partial charge in [0.25, 0.3) is 0 Å². The lowest BCUT2D eigenvalue weighted by molar-refractivity contribution is 0.278. The van der Waals surface area contributed by atoms with E-state index in [-0.39, 0.29) is 6.61 Å². The maximum atomic E-state index is 8.40. The van der Waals surface area contributed by atoms with E-state index in [0.717, 1.165) is 19.1 Å². The highest BCUT2D eigenvalue weighted by molar-refractivity contribution is 4.78. The van der Waals surface area contributed by atoms with E-state index < -0.39 is 0 Å². The fourth-order valence-electron chi connectivity index (χ4n) is 0.656. The van der Waals surface area contributed by atoms with Gasteiger partial charge in [-0.05, 0) is 24.8 Å². The van der Waals surface area contributed by atoms with Gasteiger partial charge in [-0.2, -0.15) is 0 Å². The predicted molar refractivity (Wildman–Crippen MR) is 37.3 cm³/mol. The minimum absolute atomic E-state index is 0.240. The van der Waals surface area contributed by atoms with Crippen LogP contribution >= 0.6 is 0 Å². The lowest BCUT2D eigenvalue weighted by atomic mass is 10.1. The Hall–Kier alpha value is -0.500. The highest BCUT2D eigenvalue weighted by Crippen LogP contribution is 2.05. The van der Waals surface area contributed by atoms with Crippen molar-refractivity contribution in [2.24, 2.45) is 5.92 Å². The molecule has 0 aliphatic heterocycles. The Balaban J connectivity index is 3.15. The molecule has 2 heteroatoms. The van der Waals surface area contributed by atoms with Gasteiger partial charge in [-0.3, -0.25) is 0 Å². The predicted octanol–water partition coefficient (Wildman–Crippen LogP) is 1.47. The molecule has 9 heavy (non-hydrogen) atoms. The third kappa shape index (κ3) is 5.37. The molecule has 1 unspecified atom stereocenters. The maximum absolute atomic E-state index is 8.40. The Labute approximate surface area is 55.8 Å². The SMILES string of the molecule is CC(C=CO)CCCO. The molecule has 2 nitrogen and oxygen atoms in total. The summed E-state index contributed by atoms with van der Waals surface area (Å²) in [6, 6.07) is 0. The molecule has 0 bridgehead atoms. The van der Waals surface area contributed by atoms with Crippen LogP contribution in [0.15, 0.2) is 12.3 Å². The van der Waals surface area contributed by atoms with Crippen molar-refractivity contribution in [1.82, 2.24) is 0 Å². The van der Waals surface area contributed by atoms with Crippen LogP contribution in [-0.2, 0) is 0 Å². The summed E-state index contributed by atoms with van der Waals surface area (Å²) in [6.07, 6.45) is 4.52. The molecular formula is C7H14O2. The summed E-state index contributed by atoms with van der Waals surface area (Å²) >= 11 is 0. The number of aliphatic hydroxyl groups is 2. The van der Waals surface area contributed by atoms with E-state index in [1.165, 1.54) is 0 Å². The van der Waals surface area contributed by atoms with Gasteiger partial charge >= 0.3 is 0 Å². The molecule has 0 fully saturated rings. The van der Waals surface area contributed by atoms with Gasteiger partial charge in [0.2, 0.25) is 0 Å². The van der Waals surface area contributed by atoms with Crippen molar-refractivity contribution in [2.45, 2.75) is 19.8 Å². The van der Waals surface area contributed by atoms with E-state index in [0.29, 0.717) is 5.92 Å². The van der Waals surface area contributed by atoms with Crippen LogP contribution in [0, 0.1) is 5.92 Å². The Morgan fingerprint density at radius 2 is 2.22 bits per heavy atom. The van der Waals surface area contributed by atoms with Crippen molar-refractivity contribution >= 4 is 0 Å². The van der Waals surface area contributed by atoms with Gasteiger partial charge in [0.1, 0.15) is 0 Å². The van der Waals surface area contributed by atoms with E-state index in [9.17, 15) is 0 Å². The topological polar surface area (TPSA) is 40.5 Å². The van der Waals surface area contributed by atoms with Crippen LogP contribution in [-0.4, -0.2) is 16.8 Å². The van der Waals surface area contributed by atoms with Crippen LogP contribution in [0.25, 0.3) is 0 Å². The molecule has 0 rings (SSSR count). The third-order valence-corrected chi connectivity index (χ3v) is 1.23. The molecule has 0 aliphatic carbocycles. The number of allylic oxidation sites excluding steroid dienone is 1. The normalized spacial score (nSPS) is 14.4. The molecule has 1 atom stereocenters. The second-order valence-corrected chi connectivity index (χ2v) is 2.18. The largest absolute Gasteiger partial charge is 0.516 e. The first kappa shape index (κ1) is 8.50. The van der Waals surface area contributed by atoms with Gasteiger partial charge in [-0.15, -0.1) is 0 Å². The smallest absolute Gasteiger partial charge is 0.0754 e. The number of aliphatic hydroxyl groups excluding tert-OH is 2. The molecule has 0 aromatic heterocycles. The maximum Gasteiger partial charge on any atom is 0.0754 e. The van der Waals surface area contributed by atoms with Crippen molar-refractivity contribution in [1.29, 1.82) is 0 Å². The van der Waals surface area contributed by atoms with Crippen molar-refractivity contribution in [2.75, 3.05) is 6.61 Å². The standard InChI is InChI=1S/C7H14O2/c1-7(4-6-9)3-2-5-8/h4,6-9H,2-3,5H2,1H3. The molecule has 0 heterocycles. The summed E-state index contributed by atoms with van der Waals surface area (Å²) in [5.41, 5.74) is 0. The van der Waals surface area contributed by atoms with Crippen molar-refractivity contribution < 1.29 is 10.2 Å². The highest BCUT2D eigenvalue weighted by atomic mass is 16.3. The van der Waals surface area contributed by atoms with Gasteiger partial charge in [-0.1, -0.05) is 6.92 Å². The Bertz CT molecular complexity index is 79.0. The van der Waals surface area contributed by atoms with Crippen LogP contribution in [0.4, 0.5) is 0 Å². The molecule has 0 saturated heterocycles. The van der Waals surface area contributed by atoms with E-state index >= 15 is 0 Å². The zero-order chi connectivity index (χ0) is 7.11. The minimum atomic E-state index is 0.240. The molecule has 0 radical (unpaired) electrons. The van der Waals surface area contributed by atoms with Crippen LogP contribution in [0.2, 0.25) is 0 Å². The van der Waals surface area contributed by atoms with Crippen molar-refractivity contribution in [3.05, 3.63) is 12.3 Å². The monoisotopic (exact) mass is 130 g/mol. The van der Waals surface area contributed by atoms with E-state index in [2.05, 4.69) is 0 Å². The van der Waals surface area contributed by atoms with Gasteiger partial charge in [-0.25, -0.2) is 0 Å². The molecule has 0 amide bonds. The van der Waals surface area contributed by atoms with E-state index in [1.54, 1.807) is 6.08 Å². The van der Waals surface area contributed by atoms with E-state index in [1.807, 2.05) is 6.92 Å². The number of hydrogen-bond donors (Lipinski definition) is 2. The van der Waals surface area contributed by atoms with Gasteiger partial charge in [0, 0.05) is 6.61 Å². The zero-order valence-corrected chi connectivity index (χ0v) is 5.75. The number of hydrogen-bond acceptors (Lipinski definition) is 2. The number of rotatable bonds is 4. The minimum Gasteiger partial charge on any atom is -0.516 e.